The van der Waals surface area contributed by atoms with Crippen LogP contribution < -0.4 is 9.80 Å². The van der Waals surface area contributed by atoms with Crippen molar-refractivity contribution in [2.75, 3.05) is 9.80 Å². The fourth-order valence-corrected chi connectivity index (χ4v) is 5.21. The lowest BCUT2D eigenvalue weighted by Gasteiger charge is -2.32. The van der Waals surface area contributed by atoms with Crippen LogP contribution in [0.15, 0.2) is 72.8 Å². The zero-order valence-corrected chi connectivity index (χ0v) is 21.3. The van der Waals surface area contributed by atoms with E-state index in [0.717, 1.165) is 15.4 Å². The van der Waals surface area contributed by atoms with Gasteiger partial charge in [-0.25, -0.2) is 14.6 Å². The van der Waals surface area contributed by atoms with E-state index in [1.54, 1.807) is 12.1 Å². The van der Waals surface area contributed by atoms with Crippen LogP contribution in [-0.2, 0) is 5.41 Å². The first-order valence-electron chi connectivity index (χ1n) is 12.3. The van der Waals surface area contributed by atoms with Crippen LogP contribution in [0.5, 0.6) is 0 Å². The van der Waals surface area contributed by atoms with Crippen molar-refractivity contribution in [1.82, 2.24) is 0 Å². The summed E-state index contributed by atoms with van der Waals surface area (Å²) in [6.45, 7) is 6.22. The number of carbonyl (C=O) groups excluding carboxylic acids is 4. The molecule has 6 rings (SSSR count). The van der Waals surface area contributed by atoms with Gasteiger partial charge in [0.05, 0.1) is 16.9 Å². The van der Waals surface area contributed by atoms with Crippen molar-refractivity contribution >= 4 is 51.7 Å². The summed E-state index contributed by atoms with van der Waals surface area (Å²) in [5.74, 6) is -3.45. The number of carboxylic acid groups (broad SMARTS) is 1. The molecule has 0 aromatic heterocycles. The Kier molecular flexibility index (Phi) is 5.09. The molecule has 2 aliphatic rings. The normalized spacial score (nSPS) is 14.8. The van der Waals surface area contributed by atoms with Crippen molar-refractivity contribution < 1.29 is 29.1 Å². The summed E-state index contributed by atoms with van der Waals surface area (Å²) in [7, 11) is 0. The Balaban J connectivity index is 1.46. The molecular formula is C31H22N2O6. The van der Waals surface area contributed by atoms with Crippen LogP contribution in [0.25, 0.3) is 10.8 Å². The summed E-state index contributed by atoms with van der Waals surface area (Å²) >= 11 is 0. The van der Waals surface area contributed by atoms with Gasteiger partial charge in [0.2, 0.25) is 0 Å². The molecule has 2 heterocycles. The number of hydrogen-bond acceptors (Lipinski definition) is 5. The molecule has 4 aromatic carbocycles. The van der Waals surface area contributed by atoms with E-state index >= 15 is 0 Å². The van der Waals surface area contributed by atoms with Crippen LogP contribution in [-0.4, -0.2) is 34.7 Å². The first-order valence-corrected chi connectivity index (χ1v) is 12.3. The van der Waals surface area contributed by atoms with Crippen LogP contribution in [0.4, 0.5) is 11.4 Å². The number of imide groups is 2. The largest absolute Gasteiger partial charge is 0.478 e. The third-order valence-corrected chi connectivity index (χ3v) is 7.26. The van der Waals surface area contributed by atoms with Gasteiger partial charge < -0.3 is 5.11 Å². The summed E-state index contributed by atoms with van der Waals surface area (Å²) in [6.07, 6.45) is 0. The smallest absolute Gasteiger partial charge is 0.335 e. The zero-order valence-electron chi connectivity index (χ0n) is 21.3. The SMILES string of the molecule is CC(C)(C)c1ccc(N2C(=O)c3ccc4c5c(ccc(c35)C2=O)C(=O)N(c2ccc(C(=O)O)cc2)C4=O)cc1. The van der Waals surface area contributed by atoms with E-state index in [0.29, 0.717) is 5.69 Å². The number of carbonyl (C=O) groups is 5. The van der Waals surface area contributed by atoms with Gasteiger partial charge in [0.25, 0.3) is 23.6 Å². The van der Waals surface area contributed by atoms with Crippen molar-refractivity contribution in [2.45, 2.75) is 26.2 Å². The van der Waals surface area contributed by atoms with Gasteiger partial charge in [0.1, 0.15) is 0 Å². The van der Waals surface area contributed by atoms with Crippen molar-refractivity contribution in [3.8, 4) is 0 Å². The van der Waals surface area contributed by atoms with Gasteiger partial charge in [-0.1, -0.05) is 32.9 Å². The third kappa shape index (κ3) is 3.49. The number of rotatable bonds is 3. The highest BCUT2D eigenvalue weighted by Gasteiger charge is 2.40. The number of hydrogen-bond donors (Lipinski definition) is 1. The minimum atomic E-state index is -1.13. The van der Waals surface area contributed by atoms with Gasteiger partial charge >= 0.3 is 5.97 Å². The zero-order chi connectivity index (χ0) is 27.8. The molecule has 4 amide bonds. The van der Waals surface area contributed by atoms with Crippen LogP contribution in [0.1, 0.15) is 78.1 Å². The molecule has 0 aliphatic carbocycles. The Hall–Kier alpha value is -5.11. The maximum atomic E-state index is 13.6. The fourth-order valence-electron chi connectivity index (χ4n) is 5.21. The van der Waals surface area contributed by atoms with Crippen LogP contribution in [0.3, 0.4) is 0 Å². The topological polar surface area (TPSA) is 112 Å². The van der Waals surface area contributed by atoms with E-state index in [9.17, 15) is 29.1 Å². The summed E-state index contributed by atoms with van der Waals surface area (Å²) < 4.78 is 0. The molecule has 4 aromatic rings. The highest BCUT2D eigenvalue weighted by atomic mass is 16.4. The van der Waals surface area contributed by atoms with Crippen LogP contribution in [0.2, 0.25) is 0 Å². The molecule has 0 radical (unpaired) electrons. The Labute approximate surface area is 223 Å². The van der Waals surface area contributed by atoms with Crippen molar-refractivity contribution in [1.29, 1.82) is 0 Å². The lowest BCUT2D eigenvalue weighted by Crippen LogP contribution is -2.43. The van der Waals surface area contributed by atoms with Crippen molar-refractivity contribution in [3.05, 3.63) is 106 Å². The number of amides is 4. The number of aromatic carboxylic acids is 1. The minimum absolute atomic E-state index is 0.0178. The Morgan fingerprint density at radius 2 is 0.897 bits per heavy atom. The van der Waals surface area contributed by atoms with Gasteiger partial charge in [-0.15, -0.1) is 0 Å². The maximum Gasteiger partial charge on any atom is 0.335 e. The molecule has 2 aliphatic heterocycles. The van der Waals surface area contributed by atoms with E-state index in [2.05, 4.69) is 20.8 Å². The molecule has 0 spiro atoms. The van der Waals surface area contributed by atoms with E-state index < -0.39 is 29.6 Å². The quantitative estimate of drug-likeness (QED) is 0.362. The van der Waals surface area contributed by atoms with Gasteiger partial charge in [-0.3, -0.25) is 19.2 Å². The van der Waals surface area contributed by atoms with Gasteiger partial charge in [-0.05, 0) is 71.6 Å². The highest BCUT2D eigenvalue weighted by molar-refractivity contribution is 6.42. The number of nitrogens with zero attached hydrogens (tertiary/aromatic N) is 2. The number of benzene rings is 4. The second-order valence-electron chi connectivity index (χ2n) is 10.6. The lowest BCUT2D eigenvalue weighted by molar-refractivity contribution is 0.0695. The highest BCUT2D eigenvalue weighted by Crippen LogP contribution is 2.40. The predicted molar refractivity (Wildman–Crippen MR) is 145 cm³/mol. The predicted octanol–water partition coefficient (Wildman–Crippen LogP) is 5.44. The van der Waals surface area contributed by atoms with Crippen molar-refractivity contribution in [3.63, 3.8) is 0 Å². The standard InChI is InChI=1S/C31H22N2O6/c1-31(2,3)17-6-10-19(11-7-17)33-28(36)22-14-12-20-24-21(13-15-23(25(22)24)29(33)37)27(35)32(26(20)34)18-8-4-16(5-9-18)30(38)39/h4-15H,1-3H3,(H,38,39). The maximum absolute atomic E-state index is 13.6. The molecule has 1 N–H and O–H groups in total. The molecule has 8 heteroatoms. The molecule has 39 heavy (non-hydrogen) atoms. The first kappa shape index (κ1) is 24.2. The second-order valence-corrected chi connectivity index (χ2v) is 10.6. The van der Waals surface area contributed by atoms with Crippen LogP contribution in [0, 0.1) is 0 Å². The number of anilines is 2. The summed E-state index contributed by atoms with van der Waals surface area (Å²) in [4.78, 5) is 67.7. The van der Waals surface area contributed by atoms with E-state index in [-0.39, 0.29) is 49.7 Å². The number of carboxylic acids is 1. The average Bonchev–Trinajstić information content (AvgIpc) is 2.90. The van der Waals surface area contributed by atoms with Gasteiger partial charge in [0.15, 0.2) is 0 Å². The summed E-state index contributed by atoms with van der Waals surface area (Å²) in [6, 6.07) is 18.7. The molecule has 0 saturated carbocycles. The second kappa shape index (κ2) is 8.19. The van der Waals surface area contributed by atoms with E-state index in [1.807, 2.05) is 12.1 Å². The fraction of sp³-hybridized carbons (Fsp3) is 0.129. The molecule has 0 bridgehead atoms. The van der Waals surface area contributed by atoms with Crippen molar-refractivity contribution in [2.24, 2.45) is 0 Å². The first-order chi connectivity index (χ1) is 18.5. The molecule has 0 unspecified atom stereocenters. The average molecular weight is 519 g/mol. The Morgan fingerprint density at radius 3 is 1.21 bits per heavy atom. The third-order valence-electron chi connectivity index (χ3n) is 7.26. The summed E-state index contributed by atoms with van der Waals surface area (Å²) in [5, 5.41) is 9.72. The molecule has 8 nitrogen and oxygen atoms in total. The van der Waals surface area contributed by atoms with Crippen LogP contribution >= 0.6 is 0 Å². The monoisotopic (exact) mass is 518 g/mol. The Morgan fingerprint density at radius 1 is 0.564 bits per heavy atom. The summed E-state index contributed by atoms with van der Waals surface area (Å²) in [5.41, 5.74) is 2.43. The Bertz CT molecular complexity index is 1710. The molecule has 192 valence electrons. The molecule has 0 fully saturated rings. The van der Waals surface area contributed by atoms with E-state index in [1.165, 1.54) is 48.5 Å². The van der Waals surface area contributed by atoms with Gasteiger partial charge in [-0.2, -0.15) is 0 Å². The van der Waals surface area contributed by atoms with Gasteiger partial charge in [0, 0.05) is 33.0 Å². The minimum Gasteiger partial charge on any atom is -0.478 e. The molecule has 0 atom stereocenters. The molecular weight excluding hydrogens is 496 g/mol. The lowest BCUT2D eigenvalue weighted by atomic mass is 9.85. The van der Waals surface area contributed by atoms with E-state index in [4.69, 9.17) is 0 Å². The molecule has 0 saturated heterocycles.